The summed E-state index contributed by atoms with van der Waals surface area (Å²) in [5, 5.41) is 3.11. The highest BCUT2D eigenvalue weighted by Crippen LogP contribution is 2.38. The molecular weight excluding hydrogens is 396 g/mol. The smallest absolute Gasteiger partial charge is 0.263 e. The molecule has 0 bridgehead atoms. The molecule has 0 radical (unpaired) electrons. The molecule has 0 atom stereocenters. The van der Waals surface area contributed by atoms with Crippen LogP contribution >= 0.6 is 22.9 Å². The van der Waals surface area contributed by atoms with Gasteiger partial charge in [0.2, 0.25) is 0 Å². The van der Waals surface area contributed by atoms with Crippen LogP contribution in [0.15, 0.2) is 59.0 Å². The predicted molar refractivity (Wildman–Crippen MR) is 111 cm³/mol. The van der Waals surface area contributed by atoms with Crippen LogP contribution in [0.3, 0.4) is 0 Å². The van der Waals surface area contributed by atoms with Gasteiger partial charge in [0.05, 0.1) is 23.3 Å². The van der Waals surface area contributed by atoms with Crippen LogP contribution in [0.2, 0.25) is 5.02 Å². The van der Waals surface area contributed by atoms with Crippen LogP contribution in [0.4, 0.5) is 0 Å². The van der Waals surface area contributed by atoms with E-state index in [0.717, 1.165) is 21.5 Å². The average molecular weight is 411 g/mol. The van der Waals surface area contributed by atoms with Gasteiger partial charge in [-0.1, -0.05) is 41.9 Å². The molecule has 0 unspecified atom stereocenters. The van der Waals surface area contributed by atoms with Crippen LogP contribution in [-0.2, 0) is 6.54 Å². The molecule has 0 aliphatic carbocycles. The monoisotopic (exact) mass is 410 g/mol. The molecule has 7 heteroatoms. The number of benzene rings is 2. The maximum Gasteiger partial charge on any atom is 0.263 e. The molecule has 28 heavy (non-hydrogen) atoms. The van der Waals surface area contributed by atoms with Gasteiger partial charge in [0.25, 0.3) is 5.56 Å². The zero-order valence-corrected chi connectivity index (χ0v) is 16.3. The number of fused-ring (bicyclic) bond motifs is 2. The molecule has 4 aromatic rings. The van der Waals surface area contributed by atoms with Gasteiger partial charge in [0, 0.05) is 10.9 Å². The van der Waals surface area contributed by atoms with Gasteiger partial charge in [-0.05, 0) is 23.3 Å². The topological polar surface area (TPSA) is 53.4 Å². The number of aromatic nitrogens is 2. The van der Waals surface area contributed by atoms with Crippen molar-refractivity contribution < 1.29 is 9.47 Å². The lowest BCUT2D eigenvalue weighted by Gasteiger charge is -2.20. The van der Waals surface area contributed by atoms with Gasteiger partial charge in [-0.15, -0.1) is 11.3 Å². The summed E-state index contributed by atoms with van der Waals surface area (Å²) < 4.78 is 12.8. The molecule has 0 N–H and O–H groups in total. The van der Waals surface area contributed by atoms with E-state index in [9.17, 15) is 4.79 Å². The highest BCUT2D eigenvalue weighted by molar-refractivity contribution is 7.17. The second kappa shape index (κ2) is 6.96. The Morgan fingerprint density at radius 3 is 2.82 bits per heavy atom. The molecule has 0 fully saturated rings. The summed E-state index contributed by atoms with van der Waals surface area (Å²) in [6.07, 6.45) is 1.58. The zero-order valence-electron chi connectivity index (χ0n) is 14.7. The number of thiophene rings is 1. The molecule has 1 aliphatic rings. The number of ether oxygens (including phenoxy) is 2. The SMILES string of the molecule is O=c1c2c(-c3ccccc3)csc2ncn1Cc1cc(Cl)c2c(c1)OCCO2. The fourth-order valence-electron chi connectivity index (χ4n) is 3.36. The van der Waals surface area contributed by atoms with Gasteiger partial charge in [0.1, 0.15) is 18.0 Å². The Kier molecular flexibility index (Phi) is 4.30. The third-order valence-corrected chi connectivity index (χ3v) is 5.82. The van der Waals surface area contributed by atoms with E-state index < -0.39 is 0 Å². The zero-order chi connectivity index (χ0) is 19.1. The molecule has 1 aliphatic heterocycles. The maximum absolute atomic E-state index is 13.2. The van der Waals surface area contributed by atoms with Gasteiger partial charge in [-0.2, -0.15) is 0 Å². The van der Waals surface area contributed by atoms with Gasteiger partial charge >= 0.3 is 0 Å². The summed E-state index contributed by atoms with van der Waals surface area (Å²) >= 11 is 7.81. The lowest BCUT2D eigenvalue weighted by Crippen LogP contribution is -2.21. The molecule has 3 heterocycles. The molecule has 2 aromatic carbocycles. The molecule has 2 aromatic heterocycles. The highest BCUT2D eigenvalue weighted by Gasteiger charge is 2.18. The number of nitrogens with zero attached hydrogens (tertiary/aromatic N) is 2. The van der Waals surface area contributed by atoms with Crippen LogP contribution < -0.4 is 15.0 Å². The van der Waals surface area contributed by atoms with E-state index in [1.807, 2.05) is 41.8 Å². The Labute approximate surface area is 169 Å². The molecule has 5 nitrogen and oxygen atoms in total. The minimum atomic E-state index is -0.0730. The fourth-order valence-corrected chi connectivity index (χ4v) is 4.56. The Balaban J connectivity index is 1.58. The third kappa shape index (κ3) is 2.95. The Morgan fingerprint density at radius 2 is 1.96 bits per heavy atom. The summed E-state index contributed by atoms with van der Waals surface area (Å²) in [4.78, 5) is 18.4. The molecule has 0 amide bonds. The van der Waals surface area contributed by atoms with Gasteiger partial charge < -0.3 is 9.47 Å². The average Bonchev–Trinajstić information content (AvgIpc) is 3.16. The van der Waals surface area contributed by atoms with Crippen LogP contribution in [-0.4, -0.2) is 22.8 Å². The molecule has 140 valence electrons. The molecule has 0 saturated carbocycles. The maximum atomic E-state index is 13.2. The van der Waals surface area contributed by atoms with E-state index in [4.69, 9.17) is 21.1 Å². The van der Waals surface area contributed by atoms with Gasteiger partial charge in [-0.3, -0.25) is 9.36 Å². The minimum absolute atomic E-state index is 0.0730. The normalized spacial score (nSPS) is 13.0. The second-order valence-corrected chi connectivity index (χ2v) is 7.74. The third-order valence-electron chi connectivity index (χ3n) is 4.66. The summed E-state index contributed by atoms with van der Waals surface area (Å²) in [6, 6.07) is 13.5. The first-order chi connectivity index (χ1) is 13.7. The first-order valence-corrected chi connectivity index (χ1v) is 10.1. The van der Waals surface area contributed by atoms with E-state index in [0.29, 0.717) is 41.7 Å². The van der Waals surface area contributed by atoms with Crippen LogP contribution in [0.25, 0.3) is 21.3 Å². The quantitative estimate of drug-likeness (QED) is 0.495. The van der Waals surface area contributed by atoms with Crippen LogP contribution in [0, 0.1) is 0 Å². The van der Waals surface area contributed by atoms with Crippen molar-refractivity contribution in [3.63, 3.8) is 0 Å². The van der Waals surface area contributed by atoms with E-state index in [-0.39, 0.29) is 5.56 Å². The van der Waals surface area contributed by atoms with Crippen molar-refractivity contribution in [1.29, 1.82) is 0 Å². The molecule has 0 saturated heterocycles. The van der Waals surface area contributed by atoms with Crippen molar-refractivity contribution in [3.8, 4) is 22.6 Å². The van der Waals surface area contributed by atoms with Crippen molar-refractivity contribution >= 4 is 33.2 Å². The first-order valence-electron chi connectivity index (χ1n) is 8.81. The minimum Gasteiger partial charge on any atom is -0.486 e. The largest absolute Gasteiger partial charge is 0.486 e. The van der Waals surface area contributed by atoms with Crippen LogP contribution in [0.5, 0.6) is 11.5 Å². The standard InChI is InChI=1S/C21H15ClN2O3S/c22-16-8-13(9-17-19(16)27-7-6-26-17)10-24-12-23-20-18(21(24)25)15(11-28-20)14-4-2-1-3-5-14/h1-5,8-9,11-12H,6-7,10H2. The second-order valence-electron chi connectivity index (χ2n) is 6.48. The number of rotatable bonds is 3. The Morgan fingerprint density at radius 1 is 1.14 bits per heavy atom. The van der Waals surface area contributed by atoms with Crippen LogP contribution in [0.1, 0.15) is 5.56 Å². The first kappa shape index (κ1) is 17.3. The number of hydrogen-bond donors (Lipinski definition) is 0. The molecule has 5 rings (SSSR count). The van der Waals surface area contributed by atoms with Crippen molar-refractivity contribution in [3.05, 3.63) is 75.1 Å². The van der Waals surface area contributed by atoms with E-state index in [1.54, 1.807) is 17.0 Å². The number of halogens is 1. The van der Waals surface area contributed by atoms with E-state index in [1.165, 1.54) is 11.3 Å². The Hall–Kier alpha value is -2.83. The summed E-state index contributed by atoms with van der Waals surface area (Å²) in [7, 11) is 0. The van der Waals surface area contributed by atoms with Gasteiger partial charge in [-0.25, -0.2) is 4.98 Å². The summed E-state index contributed by atoms with van der Waals surface area (Å²) in [5.74, 6) is 1.16. The van der Waals surface area contributed by atoms with Crippen molar-refractivity contribution in [2.24, 2.45) is 0 Å². The van der Waals surface area contributed by atoms with Gasteiger partial charge in [0.15, 0.2) is 11.5 Å². The lowest BCUT2D eigenvalue weighted by atomic mass is 10.1. The van der Waals surface area contributed by atoms with Crippen molar-refractivity contribution in [2.75, 3.05) is 13.2 Å². The highest BCUT2D eigenvalue weighted by atomic mass is 35.5. The summed E-state index contributed by atoms with van der Waals surface area (Å²) in [6.45, 7) is 1.31. The van der Waals surface area contributed by atoms with Crippen molar-refractivity contribution in [1.82, 2.24) is 9.55 Å². The molecule has 0 spiro atoms. The molecular formula is C21H15ClN2O3S. The lowest BCUT2D eigenvalue weighted by molar-refractivity contribution is 0.171. The fraction of sp³-hybridized carbons (Fsp3) is 0.143. The van der Waals surface area contributed by atoms with E-state index in [2.05, 4.69) is 4.98 Å². The Bertz CT molecular complexity index is 1230. The predicted octanol–water partition coefficient (Wildman–Crippen LogP) is 4.60. The van der Waals surface area contributed by atoms with Crippen molar-refractivity contribution in [2.45, 2.75) is 6.54 Å². The summed E-state index contributed by atoms with van der Waals surface area (Å²) in [5.41, 5.74) is 2.70. The number of hydrogen-bond acceptors (Lipinski definition) is 5. The van der Waals surface area contributed by atoms with E-state index >= 15 is 0 Å².